The number of hydrogen-bond acceptors (Lipinski definition) is 4. The van der Waals surface area contributed by atoms with E-state index in [1.165, 1.54) is 7.11 Å². The van der Waals surface area contributed by atoms with Crippen molar-refractivity contribution in [2.45, 2.75) is 32.2 Å². The maximum absolute atomic E-state index is 12.7. The van der Waals surface area contributed by atoms with E-state index in [1.54, 1.807) is 18.2 Å². The van der Waals surface area contributed by atoms with Crippen molar-refractivity contribution in [3.8, 4) is 0 Å². The molecule has 2 aromatic rings. The van der Waals surface area contributed by atoms with Crippen LogP contribution in [0.3, 0.4) is 0 Å². The summed E-state index contributed by atoms with van der Waals surface area (Å²) in [6.07, 6.45) is 3.43. The number of benzene rings is 1. The summed E-state index contributed by atoms with van der Waals surface area (Å²) in [6, 6.07) is 4.94. The molecule has 1 aliphatic carbocycles. The minimum absolute atomic E-state index is 0.0927. The van der Waals surface area contributed by atoms with Gasteiger partial charge in [-0.2, -0.15) is 0 Å². The average Bonchev–Trinajstić information content (AvgIpc) is 2.58. The number of methoxy groups -OCH3 is 1. The molecular formula is C17H19ClN2O4. The molecule has 1 N–H and O–H groups in total. The van der Waals surface area contributed by atoms with Crippen molar-refractivity contribution in [2.24, 2.45) is 11.8 Å². The van der Waals surface area contributed by atoms with Gasteiger partial charge in [0.2, 0.25) is 0 Å². The third kappa shape index (κ3) is 2.98. The number of rotatable bonds is 3. The summed E-state index contributed by atoms with van der Waals surface area (Å²) in [4.78, 5) is 39.7. The lowest BCUT2D eigenvalue weighted by Crippen LogP contribution is -2.40. The number of carbonyl (C=O) groups is 1. The van der Waals surface area contributed by atoms with Crippen LogP contribution in [0.5, 0.6) is 0 Å². The van der Waals surface area contributed by atoms with Crippen molar-refractivity contribution < 1.29 is 9.53 Å². The van der Waals surface area contributed by atoms with E-state index < -0.39 is 11.2 Å². The molecule has 0 bridgehead atoms. The van der Waals surface area contributed by atoms with E-state index in [9.17, 15) is 14.4 Å². The first kappa shape index (κ1) is 16.8. The number of fused-ring (bicyclic) bond motifs is 1. The Balaban J connectivity index is 2.03. The maximum Gasteiger partial charge on any atom is 0.328 e. The number of nitrogens with zero attached hydrogens (tertiary/aromatic N) is 1. The van der Waals surface area contributed by atoms with Crippen LogP contribution in [0, 0.1) is 11.8 Å². The molecule has 2 unspecified atom stereocenters. The van der Waals surface area contributed by atoms with Gasteiger partial charge in [-0.05, 0) is 30.9 Å². The standard InChI is InChI=1S/C17H19ClN2O4/c1-24-16(22)11-6-3-2-5-10(11)9-20-15(21)14-12(18)7-4-8-13(14)19-17(20)23/h4,7-8,10-11H,2-3,5-6,9H2,1H3,(H,19,23). The highest BCUT2D eigenvalue weighted by Crippen LogP contribution is 2.31. The van der Waals surface area contributed by atoms with Gasteiger partial charge in [-0.15, -0.1) is 0 Å². The molecule has 0 aliphatic heterocycles. The highest BCUT2D eigenvalue weighted by molar-refractivity contribution is 6.35. The number of esters is 1. The zero-order valence-corrected chi connectivity index (χ0v) is 14.1. The van der Waals surface area contributed by atoms with Crippen LogP contribution in [0.15, 0.2) is 27.8 Å². The van der Waals surface area contributed by atoms with Crippen molar-refractivity contribution in [3.63, 3.8) is 0 Å². The van der Waals surface area contributed by atoms with Crippen LogP contribution in [0.2, 0.25) is 5.02 Å². The van der Waals surface area contributed by atoms with Crippen LogP contribution in [0.1, 0.15) is 25.7 Å². The highest BCUT2D eigenvalue weighted by atomic mass is 35.5. The van der Waals surface area contributed by atoms with Crippen LogP contribution in [0.25, 0.3) is 10.9 Å². The third-order valence-electron chi connectivity index (χ3n) is 4.79. The molecule has 3 rings (SSSR count). The molecular weight excluding hydrogens is 332 g/mol. The van der Waals surface area contributed by atoms with Gasteiger partial charge >= 0.3 is 11.7 Å². The van der Waals surface area contributed by atoms with E-state index in [4.69, 9.17) is 16.3 Å². The summed E-state index contributed by atoms with van der Waals surface area (Å²) >= 11 is 6.12. The van der Waals surface area contributed by atoms with E-state index >= 15 is 0 Å². The predicted octanol–water partition coefficient (Wildman–Crippen LogP) is 2.32. The topological polar surface area (TPSA) is 81.2 Å². The Morgan fingerprint density at radius 2 is 2.08 bits per heavy atom. The molecule has 0 spiro atoms. The number of aromatic amines is 1. The summed E-state index contributed by atoms with van der Waals surface area (Å²) < 4.78 is 6.03. The number of nitrogens with one attached hydrogen (secondary N) is 1. The van der Waals surface area contributed by atoms with Gasteiger partial charge in [0.05, 0.1) is 29.0 Å². The maximum atomic E-state index is 12.7. The van der Waals surface area contributed by atoms with Gasteiger partial charge < -0.3 is 9.72 Å². The molecule has 1 aromatic heterocycles. The van der Waals surface area contributed by atoms with Gasteiger partial charge in [0.1, 0.15) is 0 Å². The summed E-state index contributed by atoms with van der Waals surface area (Å²) in [5.41, 5.74) is -0.487. The lowest BCUT2D eigenvalue weighted by Gasteiger charge is -2.29. The largest absolute Gasteiger partial charge is 0.469 e. The van der Waals surface area contributed by atoms with E-state index in [0.717, 1.165) is 30.3 Å². The SMILES string of the molecule is COC(=O)C1CCCCC1Cn1c(=O)[nH]c2cccc(Cl)c2c1=O. The van der Waals surface area contributed by atoms with Gasteiger partial charge in [0.25, 0.3) is 5.56 Å². The second-order valence-electron chi connectivity index (χ2n) is 6.18. The Morgan fingerprint density at radius 1 is 1.33 bits per heavy atom. The molecule has 1 aromatic carbocycles. The van der Waals surface area contributed by atoms with Gasteiger partial charge in [-0.3, -0.25) is 14.2 Å². The van der Waals surface area contributed by atoms with Crippen LogP contribution < -0.4 is 11.2 Å². The lowest BCUT2D eigenvalue weighted by atomic mass is 9.79. The molecule has 7 heteroatoms. The monoisotopic (exact) mass is 350 g/mol. The van der Waals surface area contributed by atoms with E-state index in [-0.39, 0.29) is 24.3 Å². The Bertz CT molecular complexity index is 886. The van der Waals surface area contributed by atoms with E-state index in [0.29, 0.717) is 15.9 Å². The second kappa shape index (κ2) is 6.81. The lowest BCUT2D eigenvalue weighted by molar-refractivity contribution is -0.148. The first-order valence-corrected chi connectivity index (χ1v) is 8.40. The summed E-state index contributed by atoms with van der Waals surface area (Å²) in [5, 5.41) is 0.597. The molecule has 1 saturated carbocycles. The van der Waals surface area contributed by atoms with Gasteiger partial charge in [0.15, 0.2) is 0 Å². The first-order valence-electron chi connectivity index (χ1n) is 8.02. The Kier molecular flexibility index (Phi) is 4.76. The molecule has 2 atom stereocenters. The minimum Gasteiger partial charge on any atom is -0.469 e. The van der Waals surface area contributed by atoms with Crippen molar-refractivity contribution in [2.75, 3.05) is 7.11 Å². The van der Waals surface area contributed by atoms with Crippen LogP contribution >= 0.6 is 11.6 Å². The van der Waals surface area contributed by atoms with Crippen LogP contribution in [-0.4, -0.2) is 22.6 Å². The van der Waals surface area contributed by atoms with E-state index in [2.05, 4.69) is 4.98 Å². The number of hydrogen-bond donors (Lipinski definition) is 1. The van der Waals surface area contributed by atoms with Crippen molar-refractivity contribution >= 4 is 28.5 Å². The molecule has 6 nitrogen and oxygen atoms in total. The molecule has 24 heavy (non-hydrogen) atoms. The van der Waals surface area contributed by atoms with Crippen molar-refractivity contribution in [1.82, 2.24) is 9.55 Å². The van der Waals surface area contributed by atoms with Gasteiger partial charge in [0, 0.05) is 6.54 Å². The minimum atomic E-state index is -0.482. The van der Waals surface area contributed by atoms with Gasteiger partial charge in [-0.1, -0.05) is 30.5 Å². The first-order chi connectivity index (χ1) is 11.5. The molecule has 0 saturated heterocycles. The number of aromatic nitrogens is 2. The Hall–Kier alpha value is -2.08. The second-order valence-corrected chi connectivity index (χ2v) is 6.59. The van der Waals surface area contributed by atoms with Gasteiger partial charge in [-0.25, -0.2) is 4.79 Å². The molecule has 0 radical (unpaired) electrons. The average molecular weight is 351 g/mol. The van der Waals surface area contributed by atoms with Crippen molar-refractivity contribution in [1.29, 1.82) is 0 Å². The van der Waals surface area contributed by atoms with E-state index in [1.807, 2.05) is 0 Å². The zero-order valence-electron chi connectivity index (χ0n) is 13.4. The molecule has 1 heterocycles. The summed E-state index contributed by atoms with van der Waals surface area (Å²) in [7, 11) is 1.36. The fourth-order valence-corrected chi connectivity index (χ4v) is 3.80. The smallest absolute Gasteiger partial charge is 0.328 e. The number of H-pyrrole nitrogens is 1. The fraction of sp³-hybridized carbons (Fsp3) is 0.471. The van der Waals surface area contributed by atoms with Crippen LogP contribution in [-0.2, 0) is 16.1 Å². The normalized spacial score (nSPS) is 20.9. The Labute approximate surface area is 143 Å². The van der Waals surface area contributed by atoms with Crippen LogP contribution in [0.4, 0.5) is 0 Å². The highest BCUT2D eigenvalue weighted by Gasteiger charge is 2.32. The molecule has 1 fully saturated rings. The Morgan fingerprint density at radius 3 is 2.83 bits per heavy atom. The third-order valence-corrected chi connectivity index (χ3v) is 5.10. The van der Waals surface area contributed by atoms with Crippen molar-refractivity contribution in [3.05, 3.63) is 44.1 Å². The quantitative estimate of drug-likeness (QED) is 0.861. The predicted molar refractivity (Wildman–Crippen MR) is 91.3 cm³/mol. The molecule has 1 aliphatic rings. The number of carbonyl (C=O) groups excluding carboxylic acids is 1. The summed E-state index contributed by atoms with van der Waals surface area (Å²) in [6.45, 7) is 0.190. The summed E-state index contributed by atoms with van der Waals surface area (Å²) in [5.74, 6) is -0.648. The molecule has 0 amide bonds. The molecule has 128 valence electrons. The fourth-order valence-electron chi connectivity index (χ4n) is 3.54. The number of halogens is 1. The number of ether oxygens (including phenoxy) is 1. The zero-order chi connectivity index (χ0) is 17.3.